The van der Waals surface area contributed by atoms with Crippen LogP contribution >= 0.6 is 0 Å². The summed E-state index contributed by atoms with van der Waals surface area (Å²) in [5.74, 6) is -0.355. The molecule has 0 aliphatic heterocycles. The number of carboxylic acid groups (broad SMARTS) is 2. The Morgan fingerprint density at radius 1 is 0.600 bits per heavy atom. The molecule has 16 heteroatoms. The van der Waals surface area contributed by atoms with E-state index in [1.54, 1.807) is 79.7 Å². The van der Waals surface area contributed by atoms with Gasteiger partial charge in [-0.25, -0.2) is 9.59 Å². The van der Waals surface area contributed by atoms with Gasteiger partial charge in [0, 0.05) is 31.5 Å². The molecule has 0 spiro atoms. The number of nitrogens with two attached hydrogens (primary N) is 3. The molecule has 6 aromatic carbocycles. The minimum absolute atomic E-state index is 0.0476. The summed E-state index contributed by atoms with van der Waals surface area (Å²) in [6, 6.07) is 39.9. The second kappa shape index (κ2) is 28.5. The third kappa shape index (κ3) is 21.5. The van der Waals surface area contributed by atoms with Crippen molar-refractivity contribution in [2.75, 3.05) is 29.2 Å². The highest BCUT2D eigenvalue weighted by atomic mass is 17.1. The molecule has 16 nitrogen and oxygen atoms in total. The number of amides is 2. The zero-order valence-corrected chi connectivity index (χ0v) is 36.9. The fourth-order valence-corrected chi connectivity index (χ4v) is 5.24. The summed E-state index contributed by atoms with van der Waals surface area (Å²) in [6.45, 7) is 8.47. The third-order valence-corrected chi connectivity index (χ3v) is 8.46. The number of carbonyl (C=O) groups is 4. The van der Waals surface area contributed by atoms with Crippen molar-refractivity contribution in [3.63, 3.8) is 0 Å². The lowest BCUT2D eigenvalue weighted by molar-refractivity contribution is -0.233. The first-order chi connectivity index (χ1) is 31.0. The molecule has 0 aliphatic carbocycles. The summed E-state index contributed by atoms with van der Waals surface area (Å²) in [5.41, 5.74) is 25.3. The highest BCUT2D eigenvalue weighted by Gasteiger charge is 2.10. The van der Waals surface area contributed by atoms with Gasteiger partial charge in [0.25, 0.3) is 0 Å². The molecular weight excluding hydrogens is 835 g/mol. The molecule has 6 aromatic rings. The number of primary amides is 1. The zero-order valence-electron chi connectivity index (χ0n) is 36.9. The summed E-state index contributed by atoms with van der Waals surface area (Å²) in [6.07, 6.45) is 0.0854. The van der Waals surface area contributed by atoms with Crippen LogP contribution in [0, 0.1) is 20.8 Å². The predicted octanol–water partition coefficient (Wildman–Crippen LogP) is 9.11. The number of hydrogen-bond donors (Lipinski definition) is 9. The van der Waals surface area contributed by atoms with Crippen LogP contribution in [0.5, 0.6) is 23.0 Å². The molecule has 6 rings (SSSR count). The number of aliphatic hydroxyl groups is 1. The smallest absolute Gasteiger partial charge is 0.346 e. The van der Waals surface area contributed by atoms with Gasteiger partial charge in [-0.1, -0.05) is 96.4 Å². The van der Waals surface area contributed by atoms with E-state index in [0.717, 1.165) is 18.4 Å². The molecule has 2 amide bonds. The van der Waals surface area contributed by atoms with Gasteiger partial charge in [-0.3, -0.25) is 9.59 Å². The topological polar surface area (TPSA) is 279 Å². The lowest BCUT2D eigenvalue weighted by Crippen LogP contribution is -2.19. The number of nitrogen functional groups attached to an aromatic ring is 2. The van der Waals surface area contributed by atoms with Crippen molar-refractivity contribution in [1.29, 1.82) is 0 Å². The van der Waals surface area contributed by atoms with E-state index in [1.807, 2.05) is 6.07 Å². The minimum Gasteiger partial charge on any atom is -0.481 e. The lowest BCUT2D eigenvalue weighted by Gasteiger charge is -2.14. The Balaban J connectivity index is 0.000000345. The molecule has 0 heterocycles. The van der Waals surface area contributed by atoms with E-state index in [-0.39, 0.29) is 19.3 Å². The van der Waals surface area contributed by atoms with Crippen LogP contribution in [0.15, 0.2) is 133 Å². The number of anilines is 4. The standard InChI is InChI=1S/C22H22N2O4.C15H15N3O4.C8H10.C3H6O2.CH4O/c1-15-5-7-16(8-6-15)14-24-20-13-18(23)9-10-21(20)27-19-4-2-3-17(11-19)12-22(25)28-26;16-12-8-10(18-15(17)21)4-5-13(12)22-11-3-1-2-9(6-11)7-14(19)20;1-7-3-5-8(2)6-4-7;1-2-3(4)5;1-2/h2-11,13,24,26H,12,14,23H2,1H3;1-6,8H,7,16H2,(H,19,20)(H3,17,18,21);3-6H,1-2H3;2H2,1H3,(H,4,5);2H,1H3. The van der Waals surface area contributed by atoms with Crippen molar-refractivity contribution in [3.05, 3.63) is 167 Å². The highest BCUT2D eigenvalue weighted by Crippen LogP contribution is 2.33. The number of ether oxygens (including phenoxy) is 2. The average molecular weight is 892 g/mol. The number of aryl methyl sites for hydroxylation is 3. The number of carboxylic acids is 2. The van der Waals surface area contributed by atoms with Crippen molar-refractivity contribution in [2.24, 2.45) is 5.73 Å². The average Bonchev–Trinajstić information content (AvgIpc) is 3.27. The Kier molecular flexibility index (Phi) is 23.3. The number of benzene rings is 6. The molecule has 0 radical (unpaired) electrons. The number of hydrogen-bond acceptors (Lipinski definition) is 12. The van der Waals surface area contributed by atoms with Crippen LogP contribution < -0.4 is 37.3 Å². The Morgan fingerprint density at radius 2 is 1.09 bits per heavy atom. The van der Waals surface area contributed by atoms with Crippen LogP contribution in [0.25, 0.3) is 0 Å². The minimum atomic E-state index is -0.918. The second-order valence-corrected chi connectivity index (χ2v) is 13.9. The van der Waals surface area contributed by atoms with Gasteiger partial charge in [-0.05, 0) is 98.1 Å². The predicted molar refractivity (Wildman–Crippen MR) is 252 cm³/mol. The second-order valence-electron chi connectivity index (χ2n) is 13.9. The van der Waals surface area contributed by atoms with Gasteiger partial charge in [0.15, 0.2) is 5.75 Å². The normalized spacial score (nSPS) is 9.65. The molecule has 344 valence electrons. The first-order valence-corrected chi connectivity index (χ1v) is 20.0. The molecule has 12 N–H and O–H groups in total. The molecule has 0 aliphatic rings. The highest BCUT2D eigenvalue weighted by molar-refractivity contribution is 5.88. The van der Waals surface area contributed by atoms with E-state index < -0.39 is 23.9 Å². The molecule has 0 saturated heterocycles. The Labute approximate surface area is 378 Å². The molecular formula is C49H57N5O11. The van der Waals surface area contributed by atoms with Crippen molar-refractivity contribution in [1.82, 2.24) is 0 Å². The molecule has 0 fully saturated rings. The van der Waals surface area contributed by atoms with Gasteiger partial charge in [0.1, 0.15) is 17.2 Å². The van der Waals surface area contributed by atoms with Crippen molar-refractivity contribution >= 4 is 46.7 Å². The quantitative estimate of drug-likeness (QED) is 0.0297. The van der Waals surface area contributed by atoms with Crippen LogP contribution in [0.3, 0.4) is 0 Å². The van der Waals surface area contributed by atoms with Crippen molar-refractivity contribution in [3.8, 4) is 23.0 Å². The zero-order chi connectivity index (χ0) is 48.3. The molecule has 0 unspecified atom stereocenters. The van der Waals surface area contributed by atoms with E-state index in [0.29, 0.717) is 57.7 Å². The van der Waals surface area contributed by atoms with E-state index in [2.05, 4.69) is 84.8 Å². The van der Waals surface area contributed by atoms with Crippen LogP contribution in [0.4, 0.5) is 27.5 Å². The third-order valence-electron chi connectivity index (χ3n) is 8.46. The maximum Gasteiger partial charge on any atom is 0.346 e. The number of aliphatic carboxylic acids is 2. The van der Waals surface area contributed by atoms with E-state index >= 15 is 0 Å². The van der Waals surface area contributed by atoms with Gasteiger partial charge in [-0.2, -0.15) is 5.26 Å². The van der Waals surface area contributed by atoms with E-state index in [1.165, 1.54) is 22.8 Å². The first kappa shape index (κ1) is 53.1. The summed E-state index contributed by atoms with van der Waals surface area (Å²) in [4.78, 5) is 45.8. The van der Waals surface area contributed by atoms with Gasteiger partial charge < -0.3 is 57.5 Å². The van der Waals surface area contributed by atoms with Gasteiger partial charge >= 0.3 is 23.9 Å². The Bertz CT molecular complexity index is 2410. The molecule has 0 bridgehead atoms. The maximum atomic E-state index is 11.2. The maximum absolute atomic E-state index is 11.2. The fraction of sp³-hybridized carbons (Fsp3) is 0.184. The van der Waals surface area contributed by atoms with Crippen molar-refractivity contribution < 1.29 is 54.1 Å². The van der Waals surface area contributed by atoms with Crippen LogP contribution in [0.1, 0.15) is 46.7 Å². The van der Waals surface area contributed by atoms with Crippen LogP contribution in [-0.2, 0) is 38.7 Å². The van der Waals surface area contributed by atoms with E-state index in [9.17, 15) is 19.2 Å². The largest absolute Gasteiger partial charge is 0.481 e. The molecule has 65 heavy (non-hydrogen) atoms. The van der Waals surface area contributed by atoms with Crippen LogP contribution in [-0.4, -0.2) is 51.6 Å². The molecule has 0 saturated carbocycles. The van der Waals surface area contributed by atoms with Crippen molar-refractivity contribution in [2.45, 2.75) is 53.5 Å². The Morgan fingerprint density at radius 3 is 1.57 bits per heavy atom. The Hall–Kier alpha value is -8.08. The number of rotatable bonds is 13. The summed E-state index contributed by atoms with van der Waals surface area (Å²) < 4.78 is 11.6. The number of nitrogens with one attached hydrogen (secondary N) is 2. The summed E-state index contributed by atoms with van der Waals surface area (Å²) in [5, 5.41) is 37.7. The summed E-state index contributed by atoms with van der Waals surface area (Å²) in [7, 11) is 1.00. The first-order valence-electron chi connectivity index (χ1n) is 20.0. The molecule has 0 atom stereocenters. The number of urea groups is 1. The van der Waals surface area contributed by atoms with E-state index in [4.69, 9.17) is 47.3 Å². The van der Waals surface area contributed by atoms with Gasteiger partial charge in [0.2, 0.25) is 0 Å². The number of aliphatic hydroxyl groups excluding tert-OH is 1. The summed E-state index contributed by atoms with van der Waals surface area (Å²) >= 11 is 0. The fourth-order valence-electron chi connectivity index (χ4n) is 5.24. The van der Waals surface area contributed by atoms with Crippen LogP contribution in [0.2, 0.25) is 0 Å². The van der Waals surface area contributed by atoms with Gasteiger partial charge in [-0.15, -0.1) is 0 Å². The number of carbonyl (C=O) groups excluding carboxylic acids is 2. The lowest BCUT2D eigenvalue weighted by atomic mass is 10.1. The monoisotopic (exact) mass is 891 g/mol. The molecule has 0 aromatic heterocycles. The SMILES string of the molecule is CCC(=O)O.CO.Cc1ccc(C)cc1.Cc1ccc(CNc2cc(N)ccc2Oc2cccc(CC(=O)OO)c2)cc1.NC(=O)Nc1ccc(Oc2cccc(CC(=O)O)c2)c(N)c1. The van der Waals surface area contributed by atoms with Gasteiger partial charge in [0.05, 0.1) is 24.2 Å².